The van der Waals surface area contributed by atoms with Crippen LogP contribution in [0.3, 0.4) is 0 Å². The lowest BCUT2D eigenvalue weighted by atomic mass is 10.1. The third-order valence-corrected chi connectivity index (χ3v) is 3.01. The third kappa shape index (κ3) is 4.21. The lowest BCUT2D eigenvalue weighted by Crippen LogP contribution is -2.36. The summed E-state index contributed by atoms with van der Waals surface area (Å²) in [6.45, 7) is 1.41. The average molecular weight is 341 g/mol. The van der Waals surface area contributed by atoms with Crippen LogP contribution in [0, 0.1) is 6.92 Å². The molecular formula is C12H13BrClF2NO. The van der Waals surface area contributed by atoms with Crippen LogP contribution in [0.5, 0.6) is 0 Å². The van der Waals surface area contributed by atoms with Crippen LogP contribution >= 0.6 is 27.5 Å². The first-order chi connectivity index (χ1) is 8.45. The maximum atomic E-state index is 12.4. The van der Waals surface area contributed by atoms with Crippen molar-refractivity contribution in [1.82, 2.24) is 4.90 Å². The minimum atomic E-state index is -2.54. The van der Waals surface area contributed by atoms with E-state index in [-0.39, 0.29) is 6.54 Å². The van der Waals surface area contributed by atoms with Crippen LogP contribution in [0.4, 0.5) is 8.78 Å². The second-order valence-corrected chi connectivity index (χ2v) is 5.02. The number of alkyl halides is 3. The monoisotopic (exact) mass is 339 g/mol. The molecule has 0 saturated heterocycles. The number of amides is 1. The average Bonchev–Trinajstić information content (AvgIpc) is 2.27. The first-order valence-electron chi connectivity index (χ1n) is 5.35. The number of hydrogen-bond acceptors (Lipinski definition) is 1. The van der Waals surface area contributed by atoms with E-state index in [9.17, 15) is 13.6 Å². The molecule has 6 heteroatoms. The highest BCUT2D eigenvalue weighted by Gasteiger charge is 2.20. The fourth-order valence-corrected chi connectivity index (χ4v) is 2.24. The predicted octanol–water partition coefficient (Wildman–Crippen LogP) is 3.75. The molecule has 100 valence electrons. The van der Waals surface area contributed by atoms with E-state index in [0.717, 1.165) is 4.90 Å². The fraction of sp³-hybridized carbons (Fsp3) is 0.417. The van der Waals surface area contributed by atoms with Gasteiger partial charge in [0.1, 0.15) is 0 Å². The number of benzene rings is 1. The minimum absolute atomic E-state index is 0.241. The Kier molecular flexibility index (Phi) is 6.02. The van der Waals surface area contributed by atoms with Crippen LogP contribution in [-0.2, 0) is 0 Å². The van der Waals surface area contributed by atoms with Crippen molar-refractivity contribution in [3.8, 4) is 0 Å². The Hall–Kier alpha value is -0.680. The maximum absolute atomic E-state index is 12.4. The number of aryl methyl sites for hydroxylation is 1. The normalized spacial score (nSPS) is 10.8. The molecule has 0 N–H and O–H groups in total. The number of carbonyl (C=O) groups is 1. The minimum Gasteiger partial charge on any atom is -0.332 e. The van der Waals surface area contributed by atoms with E-state index in [4.69, 9.17) is 11.6 Å². The second kappa shape index (κ2) is 7.04. The van der Waals surface area contributed by atoms with Gasteiger partial charge in [-0.05, 0) is 30.7 Å². The van der Waals surface area contributed by atoms with Crippen molar-refractivity contribution in [3.05, 3.63) is 34.3 Å². The summed E-state index contributed by atoms with van der Waals surface area (Å²) in [5.41, 5.74) is 1.09. The molecule has 0 bridgehead atoms. The Morgan fingerprint density at radius 3 is 2.67 bits per heavy atom. The predicted molar refractivity (Wildman–Crippen MR) is 71.9 cm³/mol. The lowest BCUT2D eigenvalue weighted by Gasteiger charge is -2.22. The molecule has 0 heterocycles. The van der Waals surface area contributed by atoms with Crippen molar-refractivity contribution in [2.45, 2.75) is 13.3 Å². The van der Waals surface area contributed by atoms with Crippen LogP contribution in [0.15, 0.2) is 18.2 Å². The quantitative estimate of drug-likeness (QED) is 0.748. The maximum Gasteiger partial charge on any atom is 0.255 e. The fourth-order valence-electron chi connectivity index (χ4n) is 1.58. The summed E-state index contributed by atoms with van der Waals surface area (Å²) in [4.78, 5) is 13.3. The van der Waals surface area contributed by atoms with Gasteiger partial charge in [0.15, 0.2) is 0 Å². The van der Waals surface area contributed by atoms with Crippen molar-refractivity contribution >= 4 is 33.4 Å². The van der Waals surface area contributed by atoms with Gasteiger partial charge in [0.2, 0.25) is 0 Å². The number of halogens is 4. The van der Waals surface area contributed by atoms with Gasteiger partial charge >= 0.3 is 0 Å². The summed E-state index contributed by atoms with van der Waals surface area (Å²) in [7, 11) is 0. The summed E-state index contributed by atoms with van der Waals surface area (Å²) in [6.07, 6.45) is -2.54. The molecule has 0 aromatic heterocycles. The SMILES string of the molecule is Cc1cc(Cl)ccc1C(=O)N(CCBr)CC(F)F. The van der Waals surface area contributed by atoms with Crippen LogP contribution in [0.2, 0.25) is 5.02 Å². The van der Waals surface area contributed by atoms with Gasteiger partial charge in [0, 0.05) is 22.5 Å². The molecule has 18 heavy (non-hydrogen) atoms. The van der Waals surface area contributed by atoms with E-state index >= 15 is 0 Å². The summed E-state index contributed by atoms with van der Waals surface area (Å²) in [5.74, 6) is -0.399. The standard InChI is InChI=1S/C12H13BrClF2NO/c1-8-6-9(14)2-3-10(8)12(18)17(5-4-13)7-11(15)16/h2-3,6,11H,4-5,7H2,1H3. The molecule has 0 radical (unpaired) electrons. The Labute approximate surface area is 118 Å². The molecule has 0 unspecified atom stereocenters. The van der Waals surface area contributed by atoms with Crippen LogP contribution in [-0.4, -0.2) is 35.7 Å². The van der Waals surface area contributed by atoms with E-state index in [2.05, 4.69) is 15.9 Å². The van der Waals surface area contributed by atoms with Crippen LogP contribution < -0.4 is 0 Å². The van der Waals surface area contributed by atoms with E-state index in [1.807, 2.05) is 0 Å². The Morgan fingerprint density at radius 1 is 1.50 bits per heavy atom. The van der Waals surface area contributed by atoms with E-state index in [1.165, 1.54) is 0 Å². The summed E-state index contributed by atoms with van der Waals surface area (Å²) < 4.78 is 24.8. The van der Waals surface area contributed by atoms with Gasteiger partial charge < -0.3 is 4.90 Å². The van der Waals surface area contributed by atoms with Gasteiger partial charge in [0.05, 0.1) is 6.54 Å². The number of rotatable bonds is 5. The Morgan fingerprint density at radius 2 is 2.17 bits per heavy atom. The van der Waals surface area contributed by atoms with Crippen molar-refractivity contribution in [2.75, 3.05) is 18.4 Å². The van der Waals surface area contributed by atoms with Gasteiger partial charge in [-0.2, -0.15) is 0 Å². The molecule has 1 rings (SSSR count). The van der Waals surface area contributed by atoms with Gasteiger partial charge in [-0.1, -0.05) is 27.5 Å². The van der Waals surface area contributed by atoms with Crippen molar-refractivity contribution < 1.29 is 13.6 Å². The molecule has 0 aliphatic carbocycles. The molecule has 1 aromatic carbocycles. The van der Waals surface area contributed by atoms with Crippen molar-refractivity contribution in [2.24, 2.45) is 0 Å². The molecule has 0 aliphatic rings. The van der Waals surface area contributed by atoms with Crippen LogP contribution in [0.1, 0.15) is 15.9 Å². The highest BCUT2D eigenvalue weighted by molar-refractivity contribution is 9.09. The zero-order valence-electron chi connectivity index (χ0n) is 9.80. The molecule has 1 amide bonds. The van der Waals surface area contributed by atoms with Crippen molar-refractivity contribution in [3.63, 3.8) is 0 Å². The molecule has 2 nitrogen and oxygen atoms in total. The third-order valence-electron chi connectivity index (χ3n) is 2.42. The highest BCUT2D eigenvalue weighted by Crippen LogP contribution is 2.17. The highest BCUT2D eigenvalue weighted by atomic mass is 79.9. The molecule has 0 fully saturated rings. The molecule has 0 spiro atoms. The molecular weight excluding hydrogens is 327 g/mol. The molecule has 0 aliphatic heterocycles. The molecule has 0 atom stereocenters. The number of carbonyl (C=O) groups excluding carboxylic acids is 1. The zero-order chi connectivity index (χ0) is 13.7. The number of nitrogens with zero attached hydrogens (tertiary/aromatic N) is 1. The van der Waals surface area contributed by atoms with Gasteiger partial charge in [-0.25, -0.2) is 8.78 Å². The Balaban J connectivity index is 2.94. The molecule has 0 saturated carbocycles. The molecule has 1 aromatic rings. The van der Waals surface area contributed by atoms with E-state index in [1.54, 1.807) is 25.1 Å². The summed E-state index contributed by atoms with van der Waals surface area (Å²) in [6, 6.07) is 4.78. The summed E-state index contributed by atoms with van der Waals surface area (Å²) >= 11 is 8.95. The Bertz CT molecular complexity index is 429. The second-order valence-electron chi connectivity index (χ2n) is 3.79. The summed E-state index contributed by atoms with van der Waals surface area (Å²) in [5, 5.41) is 0.975. The van der Waals surface area contributed by atoms with Crippen LogP contribution in [0.25, 0.3) is 0 Å². The first kappa shape index (κ1) is 15.4. The number of hydrogen-bond donors (Lipinski definition) is 0. The van der Waals surface area contributed by atoms with Gasteiger partial charge in [-0.3, -0.25) is 4.79 Å². The van der Waals surface area contributed by atoms with Gasteiger partial charge in [0.25, 0.3) is 12.3 Å². The first-order valence-corrected chi connectivity index (χ1v) is 6.85. The van der Waals surface area contributed by atoms with Crippen molar-refractivity contribution in [1.29, 1.82) is 0 Å². The van der Waals surface area contributed by atoms with E-state index < -0.39 is 18.9 Å². The largest absolute Gasteiger partial charge is 0.332 e. The lowest BCUT2D eigenvalue weighted by molar-refractivity contribution is 0.0572. The zero-order valence-corrected chi connectivity index (χ0v) is 12.1. The smallest absolute Gasteiger partial charge is 0.255 e. The topological polar surface area (TPSA) is 20.3 Å². The van der Waals surface area contributed by atoms with E-state index in [0.29, 0.717) is 21.5 Å². The van der Waals surface area contributed by atoms with Gasteiger partial charge in [-0.15, -0.1) is 0 Å².